The molecule has 0 spiro atoms. The second-order valence-corrected chi connectivity index (χ2v) is 4.93. The maximum atomic E-state index is 11.2. The molecule has 0 amide bonds. The topological polar surface area (TPSA) is 105 Å². The fourth-order valence-corrected chi connectivity index (χ4v) is 2.46. The summed E-state index contributed by atoms with van der Waals surface area (Å²) in [4.78, 5) is 17.9. The van der Waals surface area contributed by atoms with E-state index in [1.165, 1.54) is 24.0 Å². The van der Waals surface area contributed by atoms with Crippen LogP contribution in [-0.4, -0.2) is 22.9 Å². The van der Waals surface area contributed by atoms with Crippen LogP contribution >= 0.6 is 11.8 Å². The van der Waals surface area contributed by atoms with E-state index in [1.807, 2.05) is 0 Å². The van der Waals surface area contributed by atoms with Gasteiger partial charge in [0.25, 0.3) is 5.56 Å². The fourth-order valence-electron chi connectivity index (χ4n) is 1.63. The van der Waals surface area contributed by atoms with Gasteiger partial charge in [0.15, 0.2) is 5.16 Å². The van der Waals surface area contributed by atoms with Crippen molar-refractivity contribution in [3.05, 3.63) is 51.9 Å². The van der Waals surface area contributed by atoms with Crippen molar-refractivity contribution in [3.8, 4) is 5.75 Å². The molecule has 0 atom stereocenters. The van der Waals surface area contributed by atoms with E-state index in [0.29, 0.717) is 22.2 Å². The Kier molecular flexibility index (Phi) is 4.41. The maximum Gasteiger partial charge on any atom is 0.251 e. The highest BCUT2D eigenvalue weighted by molar-refractivity contribution is 7.98. The molecule has 6 nitrogen and oxygen atoms in total. The number of H-pyrrole nitrogens is 1. The van der Waals surface area contributed by atoms with Crippen LogP contribution < -0.4 is 16.0 Å². The Labute approximate surface area is 119 Å². The number of benzene rings is 1. The van der Waals surface area contributed by atoms with Crippen LogP contribution in [0.5, 0.6) is 5.75 Å². The Morgan fingerprint density at radius 1 is 1.50 bits per heavy atom. The molecule has 2 aromatic rings. The van der Waals surface area contributed by atoms with Gasteiger partial charge in [0, 0.05) is 29.1 Å². The molecule has 104 valence electrons. The van der Waals surface area contributed by atoms with Crippen LogP contribution in [0.15, 0.2) is 40.4 Å². The van der Waals surface area contributed by atoms with Gasteiger partial charge in [-0.2, -0.15) is 0 Å². The van der Waals surface area contributed by atoms with Crippen molar-refractivity contribution in [2.45, 2.75) is 10.9 Å². The number of aromatic amines is 1. The van der Waals surface area contributed by atoms with Gasteiger partial charge < -0.3 is 15.5 Å². The summed E-state index contributed by atoms with van der Waals surface area (Å²) in [6.45, 7) is 0. The number of rotatable bonds is 5. The van der Waals surface area contributed by atoms with Crippen LogP contribution in [0.1, 0.15) is 11.1 Å². The quantitative estimate of drug-likeness (QED) is 0.334. The standard InChI is InChI=1S/C13H14N4O2S/c1-19-10-3-2-8(12(14)15)6-9(10)7-20-13-16-5-4-11(18)17-13/h2-6H,7H2,1H3,(H3,14,15)(H,16,17,18). The number of nitrogen functional groups attached to an aromatic ring is 1. The van der Waals surface area contributed by atoms with E-state index in [1.54, 1.807) is 25.3 Å². The fraction of sp³-hybridized carbons (Fsp3) is 0.154. The molecule has 0 aliphatic carbocycles. The highest BCUT2D eigenvalue weighted by Crippen LogP contribution is 2.26. The third kappa shape index (κ3) is 3.39. The minimum absolute atomic E-state index is 0.00476. The third-order valence-electron chi connectivity index (χ3n) is 2.60. The van der Waals surface area contributed by atoms with Crippen molar-refractivity contribution in [1.29, 1.82) is 5.41 Å². The number of nitrogens with zero attached hydrogens (tertiary/aromatic N) is 1. The molecule has 0 saturated heterocycles. The molecule has 0 fully saturated rings. The largest absolute Gasteiger partial charge is 0.496 e. The van der Waals surface area contributed by atoms with Crippen LogP contribution in [0, 0.1) is 5.41 Å². The monoisotopic (exact) mass is 290 g/mol. The summed E-state index contributed by atoms with van der Waals surface area (Å²) in [6.07, 6.45) is 1.46. The zero-order chi connectivity index (χ0) is 14.5. The van der Waals surface area contributed by atoms with Crippen LogP contribution in [0.2, 0.25) is 0 Å². The van der Waals surface area contributed by atoms with Crippen molar-refractivity contribution in [2.24, 2.45) is 5.73 Å². The van der Waals surface area contributed by atoms with Crippen LogP contribution in [0.25, 0.3) is 0 Å². The summed E-state index contributed by atoms with van der Waals surface area (Å²) in [7, 11) is 1.58. The van der Waals surface area contributed by atoms with Gasteiger partial charge in [-0.15, -0.1) is 0 Å². The van der Waals surface area contributed by atoms with E-state index in [4.69, 9.17) is 15.9 Å². The highest BCUT2D eigenvalue weighted by Gasteiger charge is 2.07. The zero-order valence-corrected chi connectivity index (χ0v) is 11.7. The van der Waals surface area contributed by atoms with Gasteiger partial charge in [0.05, 0.1) is 7.11 Å². The summed E-state index contributed by atoms with van der Waals surface area (Å²) >= 11 is 1.38. The lowest BCUT2D eigenvalue weighted by atomic mass is 10.1. The second-order valence-electron chi connectivity index (χ2n) is 3.97. The van der Waals surface area contributed by atoms with Gasteiger partial charge in [-0.25, -0.2) is 4.98 Å². The number of methoxy groups -OCH3 is 1. The molecule has 0 radical (unpaired) electrons. The van der Waals surface area contributed by atoms with E-state index >= 15 is 0 Å². The molecule has 1 heterocycles. The molecule has 20 heavy (non-hydrogen) atoms. The summed E-state index contributed by atoms with van der Waals surface area (Å²) in [5, 5.41) is 7.99. The summed E-state index contributed by atoms with van der Waals surface area (Å²) in [5.74, 6) is 1.27. The Bertz CT molecular complexity index is 684. The van der Waals surface area contributed by atoms with Crippen LogP contribution in [-0.2, 0) is 5.75 Å². The Morgan fingerprint density at radius 2 is 2.30 bits per heavy atom. The van der Waals surface area contributed by atoms with Crippen LogP contribution in [0.4, 0.5) is 0 Å². The predicted molar refractivity (Wildman–Crippen MR) is 78.4 cm³/mol. The van der Waals surface area contributed by atoms with E-state index in [0.717, 1.165) is 5.56 Å². The van der Waals surface area contributed by atoms with Crippen molar-refractivity contribution in [2.75, 3.05) is 7.11 Å². The first-order valence-electron chi connectivity index (χ1n) is 5.79. The van der Waals surface area contributed by atoms with E-state index < -0.39 is 0 Å². The average Bonchev–Trinajstić information content (AvgIpc) is 2.44. The minimum atomic E-state index is -0.188. The van der Waals surface area contributed by atoms with Gasteiger partial charge in [0.1, 0.15) is 11.6 Å². The number of nitrogens with two attached hydrogens (primary N) is 1. The molecule has 4 N–H and O–H groups in total. The lowest BCUT2D eigenvalue weighted by Crippen LogP contribution is -2.11. The summed E-state index contributed by atoms with van der Waals surface area (Å²) in [6, 6.07) is 6.67. The zero-order valence-electron chi connectivity index (χ0n) is 10.8. The summed E-state index contributed by atoms with van der Waals surface area (Å²) in [5.41, 5.74) is 6.81. The molecule has 2 rings (SSSR count). The first-order chi connectivity index (χ1) is 9.60. The number of hydrogen-bond acceptors (Lipinski definition) is 5. The third-order valence-corrected chi connectivity index (χ3v) is 3.54. The molecule has 1 aromatic heterocycles. The number of ether oxygens (including phenoxy) is 1. The molecule has 7 heteroatoms. The van der Waals surface area contributed by atoms with Crippen molar-refractivity contribution in [3.63, 3.8) is 0 Å². The lowest BCUT2D eigenvalue weighted by molar-refractivity contribution is 0.411. The normalized spacial score (nSPS) is 10.2. The smallest absolute Gasteiger partial charge is 0.251 e. The first kappa shape index (κ1) is 14.1. The van der Waals surface area contributed by atoms with E-state index in [-0.39, 0.29) is 11.4 Å². The Morgan fingerprint density at radius 3 is 2.95 bits per heavy atom. The van der Waals surface area contributed by atoms with Gasteiger partial charge >= 0.3 is 0 Å². The van der Waals surface area contributed by atoms with Gasteiger partial charge in [-0.3, -0.25) is 10.2 Å². The number of hydrogen-bond donors (Lipinski definition) is 3. The molecule has 0 saturated carbocycles. The Hall–Kier alpha value is -2.28. The Balaban J connectivity index is 2.21. The van der Waals surface area contributed by atoms with E-state index in [9.17, 15) is 4.79 Å². The molecule has 0 unspecified atom stereocenters. The number of nitrogens with one attached hydrogen (secondary N) is 2. The molecule has 0 aliphatic rings. The SMILES string of the molecule is COc1ccc(C(=N)N)cc1CSc1nccc(=O)[nH]1. The van der Waals surface area contributed by atoms with Crippen molar-refractivity contribution >= 4 is 17.6 Å². The van der Waals surface area contributed by atoms with Crippen molar-refractivity contribution in [1.82, 2.24) is 9.97 Å². The highest BCUT2D eigenvalue weighted by atomic mass is 32.2. The second kappa shape index (κ2) is 6.25. The average molecular weight is 290 g/mol. The van der Waals surface area contributed by atoms with E-state index in [2.05, 4.69) is 9.97 Å². The molecular formula is C13H14N4O2S. The number of amidine groups is 1. The molecule has 1 aromatic carbocycles. The minimum Gasteiger partial charge on any atom is -0.496 e. The first-order valence-corrected chi connectivity index (χ1v) is 6.78. The number of aromatic nitrogens is 2. The van der Waals surface area contributed by atoms with Gasteiger partial charge in [-0.1, -0.05) is 11.8 Å². The molecule has 0 bridgehead atoms. The molecular weight excluding hydrogens is 276 g/mol. The summed E-state index contributed by atoms with van der Waals surface area (Å²) < 4.78 is 5.28. The molecule has 0 aliphatic heterocycles. The predicted octanol–water partition coefficient (Wildman–Crippen LogP) is 1.35. The van der Waals surface area contributed by atoms with Gasteiger partial charge in [0.2, 0.25) is 0 Å². The van der Waals surface area contributed by atoms with Crippen molar-refractivity contribution < 1.29 is 4.74 Å². The lowest BCUT2D eigenvalue weighted by Gasteiger charge is -2.09. The number of thioether (sulfide) groups is 1. The van der Waals surface area contributed by atoms with Crippen LogP contribution in [0.3, 0.4) is 0 Å². The maximum absolute atomic E-state index is 11.2. The van der Waals surface area contributed by atoms with Gasteiger partial charge in [-0.05, 0) is 18.2 Å².